The van der Waals surface area contributed by atoms with E-state index in [1.165, 1.54) is 6.33 Å². The van der Waals surface area contributed by atoms with Gasteiger partial charge in [-0.25, -0.2) is 19.7 Å². The van der Waals surface area contributed by atoms with Crippen molar-refractivity contribution in [2.45, 2.75) is 57.0 Å². The Morgan fingerprint density at radius 3 is 2.76 bits per heavy atom. The van der Waals surface area contributed by atoms with Crippen molar-refractivity contribution in [2.75, 3.05) is 5.73 Å². The number of imidazole rings is 1. The highest BCUT2D eigenvalue weighted by Crippen LogP contribution is 2.42. The fourth-order valence-electron chi connectivity index (χ4n) is 5.16. The SMILES string of the molecule is CCc1cc2ncnc-2n([C@@H]2C[C@H](CCc3ccc4cc(Br)c(N)nc4c3)[C@@H](O)[C@H]2OC(=O)C(F)(F)F)c1. The third kappa shape index (κ3) is 5.06. The van der Waals surface area contributed by atoms with Gasteiger partial charge < -0.3 is 20.1 Å². The van der Waals surface area contributed by atoms with Gasteiger partial charge in [0.15, 0.2) is 5.82 Å². The third-order valence-electron chi connectivity index (χ3n) is 7.13. The number of nitrogens with zero attached hydrogens (tertiary/aromatic N) is 4. The summed E-state index contributed by atoms with van der Waals surface area (Å²) in [6, 6.07) is 8.75. The highest BCUT2D eigenvalue weighted by atomic mass is 79.9. The van der Waals surface area contributed by atoms with E-state index in [9.17, 15) is 23.1 Å². The second-order valence-corrected chi connectivity index (χ2v) is 10.4. The van der Waals surface area contributed by atoms with Crippen LogP contribution in [0, 0.1) is 5.92 Å². The zero-order valence-corrected chi connectivity index (χ0v) is 21.9. The number of rotatable bonds is 6. The maximum absolute atomic E-state index is 13.1. The molecule has 0 bridgehead atoms. The number of pyridine rings is 2. The first-order valence-corrected chi connectivity index (χ1v) is 13.0. The van der Waals surface area contributed by atoms with E-state index in [1.807, 2.05) is 37.3 Å². The van der Waals surface area contributed by atoms with Crippen molar-refractivity contribution >= 4 is 38.6 Å². The molecule has 5 rings (SSSR count). The van der Waals surface area contributed by atoms with Gasteiger partial charge in [-0.05, 0) is 76.9 Å². The summed E-state index contributed by atoms with van der Waals surface area (Å²) in [5.74, 6) is -1.93. The summed E-state index contributed by atoms with van der Waals surface area (Å²) in [6.07, 6.45) is -2.78. The number of aromatic nitrogens is 4. The number of anilines is 1. The lowest BCUT2D eigenvalue weighted by atomic mass is 9.95. The molecule has 12 heteroatoms. The summed E-state index contributed by atoms with van der Waals surface area (Å²) < 4.78 is 46.7. The number of ether oxygens (including phenoxy) is 1. The predicted octanol–water partition coefficient (Wildman–Crippen LogP) is 4.87. The summed E-state index contributed by atoms with van der Waals surface area (Å²) in [4.78, 5) is 24.7. The Labute approximate surface area is 224 Å². The average molecular weight is 592 g/mol. The minimum absolute atomic E-state index is 0.294. The molecule has 1 fully saturated rings. The molecule has 2 aromatic rings. The Hall–Kier alpha value is -3.25. The van der Waals surface area contributed by atoms with Gasteiger partial charge in [-0.2, -0.15) is 13.2 Å². The van der Waals surface area contributed by atoms with Crippen molar-refractivity contribution < 1.29 is 27.8 Å². The van der Waals surface area contributed by atoms with Crippen LogP contribution in [-0.4, -0.2) is 49.0 Å². The summed E-state index contributed by atoms with van der Waals surface area (Å²) in [7, 11) is 0. The molecule has 1 saturated carbocycles. The Morgan fingerprint density at radius 1 is 1.24 bits per heavy atom. The average Bonchev–Trinajstić information content (AvgIpc) is 3.47. The first-order chi connectivity index (χ1) is 18.0. The van der Waals surface area contributed by atoms with E-state index in [4.69, 9.17) is 10.5 Å². The lowest BCUT2D eigenvalue weighted by molar-refractivity contribution is -0.210. The third-order valence-corrected chi connectivity index (χ3v) is 7.76. The molecule has 1 aromatic carbocycles. The summed E-state index contributed by atoms with van der Waals surface area (Å²) in [6.45, 7) is 1.94. The molecular formula is C26H25BrF3N5O3. The maximum Gasteiger partial charge on any atom is 0.490 e. The summed E-state index contributed by atoms with van der Waals surface area (Å²) >= 11 is 3.37. The van der Waals surface area contributed by atoms with Crippen molar-refractivity contribution in [1.82, 2.24) is 19.5 Å². The number of aryl methyl sites for hydroxylation is 2. The Balaban J connectivity index is 1.43. The van der Waals surface area contributed by atoms with Crippen LogP contribution in [-0.2, 0) is 22.4 Å². The first kappa shape index (κ1) is 26.4. The molecule has 1 aliphatic carbocycles. The van der Waals surface area contributed by atoms with E-state index < -0.39 is 36.3 Å². The van der Waals surface area contributed by atoms with Crippen LogP contribution in [0.1, 0.15) is 36.9 Å². The van der Waals surface area contributed by atoms with Crippen molar-refractivity contribution in [3.63, 3.8) is 0 Å². The van der Waals surface area contributed by atoms with Gasteiger partial charge in [-0.3, -0.25) is 0 Å². The van der Waals surface area contributed by atoms with Gasteiger partial charge in [0.2, 0.25) is 0 Å². The van der Waals surface area contributed by atoms with Gasteiger partial charge in [0.1, 0.15) is 23.9 Å². The number of halogens is 4. The van der Waals surface area contributed by atoms with Crippen molar-refractivity contribution in [1.29, 1.82) is 0 Å². The summed E-state index contributed by atoms with van der Waals surface area (Å²) in [5.41, 5.74) is 9.05. The number of nitrogens with two attached hydrogens (primary N) is 1. The normalized spacial score (nSPS) is 21.8. The highest BCUT2D eigenvalue weighted by Gasteiger charge is 2.50. The number of hydrogen-bond donors (Lipinski definition) is 2. The number of carbonyl (C=O) groups is 1. The largest absolute Gasteiger partial charge is 0.490 e. The molecule has 4 atom stereocenters. The Morgan fingerprint density at radius 2 is 2.03 bits per heavy atom. The number of aliphatic hydroxyl groups excluding tert-OH is 1. The van der Waals surface area contributed by atoms with E-state index in [1.54, 1.807) is 10.8 Å². The standard InChI is InChI=1S/C26H25BrF3N5O3/c1-2-13-7-19-24(33-12-32-19)35(11-13)20-10-16(21(36)22(20)38-25(37)26(28,29)30)6-4-14-3-5-15-9-17(27)23(31)34-18(15)8-14/h3,5,7-9,11-12,16,20-22,36H,2,4,6,10H2,1H3,(H2,31,34)/t16-,20+,21+,22-/m0/s1. The minimum Gasteiger partial charge on any atom is -0.451 e. The molecule has 3 heterocycles. The van der Waals surface area contributed by atoms with Gasteiger partial charge in [0.05, 0.1) is 22.1 Å². The quantitative estimate of drug-likeness (QED) is 0.307. The molecule has 200 valence electrons. The number of carbonyl (C=O) groups excluding carboxylic acids is 1. The number of fused-ring (bicyclic) bond motifs is 2. The molecule has 0 saturated heterocycles. The fourth-order valence-corrected chi connectivity index (χ4v) is 5.49. The lowest BCUT2D eigenvalue weighted by Gasteiger charge is -2.27. The van der Waals surface area contributed by atoms with Crippen LogP contribution in [0.15, 0.2) is 47.3 Å². The van der Waals surface area contributed by atoms with E-state index >= 15 is 0 Å². The van der Waals surface area contributed by atoms with Gasteiger partial charge in [-0.1, -0.05) is 19.1 Å². The van der Waals surface area contributed by atoms with Gasteiger partial charge in [-0.15, -0.1) is 0 Å². The van der Waals surface area contributed by atoms with Crippen LogP contribution in [0.4, 0.5) is 19.0 Å². The number of aliphatic hydroxyl groups is 1. The monoisotopic (exact) mass is 591 g/mol. The van der Waals surface area contributed by atoms with E-state index in [0.717, 1.165) is 16.5 Å². The van der Waals surface area contributed by atoms with Crippen molar-refractivity contribution in [3.05, 3.63) is 58.5 Å². The second kappa shape index (κ2) is 10.1. The first-order valence-electron chi connectivity index (χ1n) is 12.2. The van der Waals surface area contributed by atoms with Gasteiger partial charge in [0.25, 0.3) is 0 Å². The number of alkyl halides is 3. The molecule has 2 aliphatic heterocycles. The molecule has 0 unspecified atom stereocenters. The fraction of sp³-hybridized carbons (Fsp3) is 0.385. The predicted molar refractivity (Wildman–Crippen MR) is 137 cm³/mol. The van der Waals surface area contributed by atoms with Gasteiger partial charge >= 0.3 is 12.1 Å². The zero-order chi connectivity index (χ0) is 27.2. The summed E-state index contributed by atoms with van der Waals surface area (Å²) in [5, 5.41) is 12.0. The second-order valence-electron chi connectivity index (χ2n) is 9.53. The van der Waals surface area contributed by atoms with E-state index in [-0.39, 0.29) is 0 Å². The van der Waals surface area contributed by atoms with Crippen molar-refractivity contribution in [2.24, 2.45) is 5.92 Å². The van der Waals surface area contributed by atoms with Crippen molar-refractivity contribution in [3.8, 4) is 11.5 Å². The number of esters is 1. The smallest absolute Gasteiger partial charge is 0.451 e. The van der Waals surface area contributed by atoms with Crippen LogP contribution < -0.4 is 5.73 Å². The molecule has 8 nitrogen and oxygen atoms in total. The van der Waals surface area contributed by atoms with Crippen LogP contribution in [0.5, 0.6) is 0 Å². The zero-order valence-electron chi connectivity index (χ0n) is 20.3. The molecule has 3 N–H and O–H groups in total. The van der Waals surface area contributed by atoms with E-state index in [2.05, 4.69) is 30.9 Å². The van der Waals surface area contributed by atoms with Crippen LogP contribution in [0.2, 0.25) is 0 Å². The van der Waals surface area contributed by atoms with Crippen LogP contribution in [0.3, 0.4) is 0 Å². The molecule has 3 aliphatic rings. The van der Waals surface area contributed by atoms with Crippen LogP contribution >= 0.6 is 15.9 Å². The highest BCUT2D eigenvalue weighted by molar-refractivity contribution is 9.10. The number of hydrogen-bond acceptors (Lipinski definition) is 7. The maximum atomic E-state index is 13.1. The van der Waals surface area contributed by atoms with Gasteiger partial charge in [0, 0.05) is 11.6 Å². The molecule has 0 amide bonds. The molecule has 0 radical (unpaired) electrons. The Bertz CT molecular complexity index is 1460. The minimum atomic E-state index is -5.18. The molecule has 38 heavy (non-hydrogen) atoms. The number of nitrogen functional groups attached to an aromatic ring is 1. The number of benzene rings is 1. The molecular weight excluding hydrogens is 567 g/mol. The molecule has 0 spiro atoms. The lowest BCUT2D eigenvalue weighted by Crippen LogP contribution is -2.39. The van der Waals surface area contributed by atoms with Crippen LogP contribution in [0.25, 0.3) is 22.4 Å². The van der Waals surface area contributed by atoms with E-state index in [0.29, 0.717) is 53.0 Å². The topological polar surface area (TPSA) is 116 Å². The Kier molecular flexibility index (Phi) is 7.03. The molecule has 1 aromatic heterocycles.